The molecule has 33 heavy (non-hydrogen) atoms. The largest absolute Gasteiger partial charge is 0.507 e. The Labute approximate surface area is 190 Å². The molecule has 1 amide bonds. The third-order valence-corrected chi connectivity index (χ3v) is 5.43. The lowest BCUT2D eigenvalue weighted by molar-refractivity contribution is 0.0781. The first-order chi connectivity index (χ1) is 15.9. The fourth-order valence-electron chi connectivity index (χ4n) is 3.73. The number of H-pyrrole nitrogens is 1. The Morgan fingerprint density at radius 1 is 1.12 bits per heavy atom. The summed E-state index contributed by atoms with van der Waals surface area (Å²) in [5, 5.41) is 17.3. The van der Waals surface area contributed by atoms with Gasteiger partial charge in [-0.3, -0.25) is 4.79 Å². The number of aromatic nitrogens is 3. The molecule has 0 unspecified atom stereocenters. The van der Waals surface area contributed by atoms with Crippen LogP contribution < -0.4 is 10.4 Å². The minimum absolute atomic E-state index is 0.164. The van der Waals surface area contributed by atoms with Gasteiger partial charge in [-0.05, 0) is 30.2 Å². The number of aromatic amines is 1. The van der Waals surface area contributed by atoms with Crippen LogP contribution in [-0.4, -0.2) is 44.8 Å². The summed E-state index contributed by atoms with van der Waals surface area (Å²) in [4.78, 5) is 27.5. The maximum Gasteiger partial charge on any atom is 0.348 e. The summed E-state index contributed by atoms with van der Waals surface area (Å²) >= 11 is 0. The van der Waals surface area contributed by atoms with Crippen molar-refractivity contribution in [1.82, 2.24) is 19.7 Å². The molecule has 8 nitrogen and oxygen atoms in total. The highest BCUT2D eigenvalue weighted by atomic mass is 16.5. The van der Waals surface area contributed by atoms with Gasteiger partial charge in [0.1, 0.15) is 11.5 Å². The zero-order valence-corrected chi connectivity index (χ0v) is 18.6. The maximum atomic E-state index is 13.3. The van der Waals surface area contributed by atoms with E-state index in [1.807, 2.05) is 55.5 Å². The highest BCUT2D eigenvalue weighted by Gasteiger charge is 2.24. The Bertz CT molecular complexity index is 1360. The second-order valence-corrected chi connectivity index (χ2v) is 7.69. The van der Waals surface area contributed by atoms with Gasteiger partial charge in [-0.25, -0.2) is 14.5 Å². The Kier molecular flexibility index (Phi) is 5.99. The van der Waals surface area contributed by atoms with E-state index in [1.54, 1.807) is 18.0 Å². The first kappa shape index (κ1) is 21.9. The average Bonchev–Trinajstić information content (AvgIpc) is 3.20. The summed E-state index contributed by atoms with van der Waals surface area (Å²) in [7, 11) is 3.12. The van der Waals surface area contributed by atoms with Crippen molar-refractivity contribution in [2.75, 3.05) is 14.2 Å². The number of hydrogen-bond acceptors (Lipinski definition) is 5. The van der Waals surface area contributed by atoms with Gasteiger partial charge in [0.25, 0.3) is 5.91 Å². The van der Waals surface area contributed by atoms with E-state index in [4.69, 9.17) is 4.74 Å². The van der Waals surface area contributed by atoms with E-state index < -0.39 is 5.69 Å². The zero-order chi connectivity index (χ0) is 23.5. The summed E-state index contributed by atoms with van der Waals surface area (Å²) in [6.45, 7) is 2.27. The van der Waals surface area contributed by atoms with Crippen LogP contribution in [0.1, 0.15) is 21.5 Å². The molecule has 0 aliphatic heterocycles. The van der Waals surface area contributed by atoms with Crippen LogP contribution in [0.4, 0.5) is 0 Å². The van der Waals surface area contributed by atoms with Gasteiger partial charge in [-0.15, -0.1) is 0 Å². The molecule has 0 aliphatic rings. The molecular weight excluding hydrogens is 420 g/mol. The number of ether oxygens (including phenoxy) is 1. The van der Waals surface area contributed by atoms with Gasteiger partial charge in [-0.2, -0.15) is 5.10 Å². The summed E-state index contributed by atoms with van der Waals surface area (Å²) in [6.07, 6.45) is 0. The number of aromatic hydroxyl groups is 1. The molecule has 0 atom stereocenters. The topological polar surface area (TPSA) is 100 Å². The molecule has 8 heteroatoms. The highest BCUT2D eigenvalue weighted by molar-refractivity contribution is 5.98. The fraction of sp³-hybridized carbons (Fsp3) is 0.160. The molecule has 0 radical (unpaired) electrons. The van der Waals surface area contributed by atoms with Gasteiger partial charge in [0.05, 0.1) is 23.9 Å². The molecular formula is C25H24N4O4. The van der Waals surface area contributed by atoms with Crippen LogP contribution in [-0.2, 0) is 6.54 Å². The number of nitrogens with one attached hydrogen (secondary N) is 1. The summed E-state index contributed by atoms with van der Waals surface area (Å²) in [5.41, 5.74) is 2.48. The Hall–Kier alpha value is -4.33. The van der Waals surface area contributed by atoms with Gasteiger partial charge < -0.3 is 14.7 Å². The van der Waals surface area contributed by atoms with Crippen molar-refractivity contribution in [3.8, 4) is 28.6 Å². The third-order valence-electron chi connectivity index (χ3n) is 5.43. The van der Waals surface area contributed by atoms with Crippen molar-refractivity contribution in [2.45, 2.75) is 13.5 Å². The van der Waals surface area contributed by atoms with Crippen molar-refractivity contribution >= 4 is 5.91 Å². The highest BCUT2D eigenvalue weighted by Crippen LogP contribution is 2.35. The van der Waals surface area contributed by atoms with Crippen LogP contribution in [0.2, 0.25) is 0 Å². The lowest BCUT2D eigenvalue weighted by Gasteiger charge is -2.20. The SMILES string of the molecule is COc1cc(O)c(-c2n[nH]c(=O)n2-c2ccccc2C)cc1C(=O)N(C)Cc1ccccc1. The zero-order valence-electron chi connectivity index (χ0n) is 18.6. The monoisotopic (exact) mass is 444 g/mol. The lowest BCUT2D eigenvalue weighted by atomic mass is 10.1. The van der Waals surface area contributed by atoms with Crippen molar-refractivity contribution in [1.29, 1.82) is 0 Å². The number of rotatable bonds is 6. The second-order valence-electron chi connectivity index (χ2n) is 7.69. The first-order valence-electron chi connectivity index (χ1n) is 10.3. The number of methoxy groups -OCH3 is 1. The minimum atomic E-state index is -0.455. The number of phenolic OH excluding ortho intramolecular Hbond substituents is 1. The smallest absolute Gasteiger partial charge is 0.348 e. The van der Waals surface area contributed by atoms with Crippen LogP contribution in [0, 0.1) is 6.92 Å². The fourth-order valence-corrected chi connectivity index (χ4v) is 3.73. The number of aryl methyl sites for hydroxylation is 1. The molecule has 3 aromatic carbocycles. The third kappa shape index (κ3) is 4.23. The quantitative estimate of drug-likeness (QED) is 0.474. The number of hydrogen-bond donors (Lipinski definition) is 2. The summed E-state index contributed by atoms with van der Waals surface area (Å²) in [6, 6.07) is 19.8. The number of para-hydroxylation sites is 1. The van der Waals surface area contributed by atoms with Crippen molar-refractivity contribution in [3.63, 3.8) is 0 Å². The summed E-state index contributed by atoms with van der Waals surface area (Å²) in [5.74, 6) is -0.0454. The maximum absolute atomic E-state index is 13.3. The Morgan fingerprint density at radius 2 is 1.82 bits per heavy atom. The normalized spacial score (nSPS) is 10.8. The molecule has 168 valence electrons. The van der Waals surface area contributed by atoms with Gasteiger partial charge in [0.2, 0.25) is 0 Å². The van der Waals surface area contributed by atoms with Crippen LogP contribution in [0.3, 0.4) is 0 Å². The van der Waals surface area contributed by atoms with Gasteiger partial charge in [0.15, 0.2) is 5.82 Å². The van der Waals surface area contributed by atoms with E-state index in [0.29, 0.717) is 12.2 Å². The molecule has 0 bridgehead atoms. The predicted octanol–water partition coefficient (Wildman–Crippen LogP) is 3.52. The van der Waals surface area contributed by atoms with E-state index in [0.717, 1.165) is 11.1 Å². The molecule has 1 heterocycles. The molecule has 0 saturated heterocycles. The van der Waals surface area contributed by atoms with Crippen molar-refractivity contribution < 1.29 is 14.6 Å². The molecule has 4 rings (SSSR count). The van der Waals surface area contributed by atoms with Crippen LogP contribution >= 0.6 is 0 Å². The number of nitrogens with zero attached hydrogens (tertiary/aromatic N) is 3. The van der Waals surface area contributed by atoms with Crippen molar-refractivity contribution in [3.05, 3.63) is 93.9 Å². The van der Waals surface area contributed by atoms with E-state index in [2.05, 4.69) is 10.2 Å². The minimum Gasteiger partial charge on any atom is -0.507 e. The van der Waals surface area contributed by atoms with Crippen LogP contribution in [0.5, 0.6) is 11.5 Å². The van der Waals surface area contributed by atoms with E-state index in [1.165, 1.54) is 23.8 Å². The average molecular weight is 444 g/mol. The molecule has 1 aromatic heterocycles. The Balaban J connectivity index is 1.80. The molecule has 0 aliphatic carbocycles. The standard InChI is InChI=1S/C25H24N4O4/c1-16-9-7-8-12-20(16)29-23(26-27-25(29)32)18-13-19(22(33-3)14-21(18)30)24(31)28(2)15-17-10-5-4-6-11-17/h4-14,30H,15H2,1-3H3,(H,27,32). The lowest BCUT2D eigenvalue weighted by Crippen LogP contribution is -2.26. The summed E-state index contributed by atoms with van der Waals surface area (Å²) < 4.78 is 6.75. The molecule has 4 aromatic rings. The molecule has 0 fully saturated rings. The number of carbonyl (C=O) groups is 1. The van der Waals surface area contributed by atoms with Crippen molar-refractivity contribution in [2.24, 2.45) is 0 Å². The number of phenols is 1. The number of carbonyl (C=O) groups excluding carboxylic acids is 1. The second kappa shape index (κ2) is 9.04. The first-order valence-corrected chi connectivity index (χ1v) is 10.3. The molecule has 0 saturated carbocycles. The number of benzene rings is 3. The van der Waals surface area contributed by atoms with Gasteiger partial charge >= 0.3 is 5.69 Å². The van der Waals surface area contributed by atoms with Crippen LogP contribution in [0.25, 0.3) is 17.1 Å². The van der Waals surface area contributed by atoms with Crippen LogP contribution in [0.15, 0.2) is 71.5 Å². The molecule has 2 N–H and O–H groups in total. The molecule has 0 spiro atoms. The van der Waals surface area contributed by atoms with Gasteiger partial charge in [0, 0.05) is 19.7 Å². The Morgan fingerprint density at radius 3 is 2.52 bits per heavy atom. The van der Waals surface area contributed by atoms with E-state index in [-0.39, 0.29) is 34.4 Å². The number of amides is 1. The predicted molar refractivity (Wildman–Crippen MR) is 125 cm³/mol. The van der Waals surface area contributed by atoms with E-state index in [9.17, 15) is 14.7 Å². The van der Waals surface area contributed by atoms with E-state index >= 15 is 0 Å². The van der Waals surface area contributed by atoms with Gasteiger partial charge in [-0.1, -0.05) is 48.5 Å².